The van der Waals surface area contributed by atoms with Crippen molar-refractivity contribution >= 4 is 46.6 Å². The first-order chi connectivity index (χ1) is 8.58. The molecule has 0 fully saturated rings. The summed E-state index contributed by atoms with van der Waals surface area (Å²) < 4.78 is 6.09. The van der Waals surface area contributed by atoms with Crippen LogP contribution in [0.25, 0.3) is 0 Å². The van der Waals surface area contributed by atoms with Crippen LogP contribution in [0.4, 0.5) is 0 Å². The van der Waals surface area contributed by atoms with Crippen molar-refractivity contribution in [3.05, 3.63) is 52.4 Å². The van der Waals surface area contributed by atoms with Gasteiger partial charge in [0, 0.05) is 0 Å². The summed E-state index contributed by atoms with van der Waals surface area (Å²) in [4.78, 5) is 23.0. The molecule has 6 heteroatoms. The van der Waals surface area contributed by atoms with E-state index in [1.54, 1.807) is 24.3 Å². The Kier molecular flexibility index (Phi) is 4.04. The zero-order valence-electron chi connectivity index (χ0n) is 8.96. The third-order valence-corrected chi connectivity index (χ3v) is 4.85. The molecule has 1 aromatic heterocycles. The van der Waals surface area contributed by atoms with Crippen LogP contribution in [-0.2, 0) is 0 Å². The first kappa shape index (κ1) is 13.1. The normalized spacial score (nSPS) is 10.9. The molecule has 0 saturated heterocycles. The number of aromatic carboxylic acids is 1. The van der Waals surface area contributed by atoms with E-state index in [9.17, 15) is 9.59 Å². The second-order valence-corrected chi connectivity index (χ2v) is 6.61. The zero-order valence-corrected chi connectivity index (χ0v) is 12.4. The molecule has 0 aliphatic rings. The standard InChI is InChI=1S/C12H7AsBrO4/c14-7-3-4-9(8(6-7)12(16)17)13-11(15)10-2-1-5-18-10/h1-6H,(H,16,17). The summed E-state index contributed by atoms with van der Waals surface area (Å²) in [7, 11) is 0. The van der Waals surface area contributed by atoms with Crippen molar-refractivity contribution in [1.82, 2.24) is 0 Å². The van der Waals surface area contributed by atoms with Gasteiger partial charge in [0.25, 0.3) is 0 Å². The monoisotopic (exact) mass is 369 g/mol. The number of carbonyl (C=O) groups is 2. The van der Waals surface area contributed by atoms with E-state index < -0.39 is 21.7 Å². The maximum absolute atomic E-state index is 11.9. The Morgan fingerprint density at radius 1 is 1.28 bits per heavy atom. The molecule has 0 aliphatic carbocycles. The fourth-order valence-electron chi connectivity index (χ4n) is 1.34. The molecule has 0 saturated carbocycles. The number of halogens is 1. The number of hydrogen-bond donors (Lipinski definition) is 1. The van der Waals surface area contributed by atoms with Crippen LogP contribution in [0, 0.1) is 0 Å². The minimum atomic E-state index is -1.03. The van der Waals surface area contributed by atoms with Crippen LogP contribution < -0.4 is 4.35 Å². The molecule has 1 aromatic carbocycles. The van der Waals surface area contributed by atoms with E-state index in [4.69, 9.17) is 9.52 Å². The van der Waals surface area contributed by atoms with Crippen LogP contribution in [0.3, 0.4) is 0 Å². The van der Waals surface area contributed by atoms with Gasteiger partial charge in [-0.05, 0) is 0 Å². The minimum absolute atomic E-state index is 0.152. The van der Waals surface area contributed by atoms with Gasteiger partial charge in [-0.25, -0.2) is 0 Å². The summed E-state index contributed by atoms with van der Waals surface area (Å²) in [6.45, 7) is 0. The molecule has 91 valence electrons. The van der Waals surface area contributed by atoms with Gasteiger partial charge in [-0.15, -0.1) is 0 Å². The van der Waals surface area contributed by atoms with E-state index in [0.29, 0.717) is 8.82 Å². The molecular formula is C12H7AsBrO4. The summed E-state index contributed by atoms with van der Waals surface area (Å²) in [5.41, 5.74) is 0.157. The van der Waals surface area contributed by atoms with Crippen molar-refractivity contribution in [2.24, 2.45) is 0 Å². The van der Waals surface area contributed by atoms with Crippen LogP contribution in [-0.4, -0.2) is 31.4 Å². The molecule has 2 aromatic rings. The molecule has 0 amide bonds. The number of benzene rings is 1. The number of rotatable bonds is 4. The third-order valence-electron chi connectivity index (χ3n) is 2.14. The number of carboxylic acid groups (broad SMARTS) is 1. The van der Waals surface area contributed by atoms with Gasteiger partial charge in [-0.3, -0.25) is 0 Å². The van der Waals surface area contributed by atoms with Gasteiger partial charge < -0.3 is 0 Å². The quantitative estimate of drug-likeness (QED) is 0.836. The number of hydrogen-bond acceptors (Lipinski definition) is 3. The fraction of sp³-hybridized carbons (Fsp3) is 0. The van der Waals surface area contributed by atoms with E-state index in [2.05, 4.69) is 15.9 Å². The summed E-state index contributed by atoms with van der Waals surface area (Å²) in [6, 6.07) is 8.11. The predicted octanol–water partition coefficient (Wildman–Crippen LogP) is 1.91. The molecule has 0 spiro atoms. The van der Waals surface area contributed by atoms with Crippen LogP contribution in [0.5, 0.6) is 0 Å². The first-order valence-corrected chi connectivity index (χ1v) is 7.57. The molecule has 0 unspecified atom stereocenters. The van der Waals surface area contributed by atoms with Crippen molar-refractivity contribution < 1.29 is 19.1 Å². The molecule has 1 radical (unpaired) electrons. The SMILES string of the molecule is O=C([As]c1ccc(Br)cc1C(=O)O)c1ccco1. The van der Waals surface area contributed by atoms with E-state index in [-0.39, 0.29) is 15.9 Å². The fourth-order valence-corrected chi connectivity index (χ4v) is 3.56. The Bertz CT molecular complexity index is 592. The van der Waals surface area contributed by atoms with Gasteiger partial charge >= 0.3 is 118 Å². The van der Waals surface area contributed by atoms with Crippen molar-refractivity contribution in [3.8, 4) is 0 Å². The van der Waals surface area contributed by atoms with Crippen LogP contribution >= 0.6 is 15.9 Å². The summed E-state index contributed by atoms with van der Waals surface area (Å²) in [5.74, 6) is -0.761. The van der Waals surface area contributed by atoms with Crippen LogP contribution in [0.1, 0.15) is 20.9 Å². The van der Waals surface area contributed by atoms with Crippen LogP contribution in [0.15, 0.2) is 45.5 Å². The Hall–Kier alpha value is -1.32. The molecule has 18 heavy (non-hydrogen) atoms. The molecule has 1 heterocycles. The summed E-state index contributed by atoms with van der Waals surface area (Å²) >= 11 is 2.28. The summed E-state index contributed by atoms with van der Waals surface area (Å²) in [6.07, 6.45) is 1.42. The maximum atomic E-state index is 11.9. The predicted molar refractivity (Wildman–Crippen MR) is 69.5 cm³/mol. The molecule has 4 nitrogen and oxygen atoms in total. The molecule has 0 atom stereocenters. The molecular weight excluding hydrogens is 363 g/mol. The van der Waals surface area contributed by atoms with Crippen molar-refractivity contribution in [3.63, 3.8) is 0 Å². The second-order valence-electron chi connectivity index (χ2n) is 3.36. The van der Waals surface area contributed by atoms with E-state index >= 15 is 0 Å². The Balaban J connectivity index is 2.29. The number of carbonyl (C=O) groups excluding carboxylic acids is 1. The van der Waals surface area contributed by atoms with E-state index in [1.165, 1.54) is 12.3 Å². The second kappa shape index (κ2) is 5.55. The summed E-state index contributed by atoms with van der Waals surface area (Å²) in [5, 5.41) is 9.09. The van der Waals surface area contributed by atoms with Gasteiger partial charge in [0.15, 0.2) is 0 Å². The average Bonchev–Trinajstić information content (AvgIpc) is 2.84. The first-order valence-electron chi connectivity index (χ1n) is 4.90. The Labute approximate surface area is 118 Å². The Morgan fingerprint density at radius 2 is 2.06 bits per heavy atom. The zero-order chi connectivity index (χ0) is 13.1. The number of furan rings is 1. The van der Waals surface area contributed by atoms with Gasteiger partial charge in [0.2, 0.25) is 0 Å². The average molecular weight is 370 g/mol. The van der Waals surface area contributed by atoms with Gasteiger partial charge in [0.1, 0.15) is 0 Å². The van der Waals surface area contributed by atoms with E-state index in [0.717, 1.165) is 0 Å². The molecule has 2 rings (SSSR count). The van der Waals surface area contributed by atoms with Gasteiger partial charge in [0.05, 0.1) is 0 Å². The number of carboxylic acids is 1. The van der Waals surface area contributed by atoms with Crippen molar-refractivity contribution in [2.45, 2.75) is 0 Å². The van der Waals surface area contributed by atoms with Crippen molar-refractivity contribution in [2.75, 3.05) is 0 Å². The van der Waals surface area contributed by atoms with Gasteiger partial charge in [-0.2, -0.15) is 0 Å². The third kappa shape index (κ3) is 2.92. The molecule has 1 N–H and O–H groups in total. The van der Waals surface area contributed by atoms with Crippen LogP contribution in [0.2, 0.25) is 0 Å². The van der Waals surface area contributed by atoms with Gasteiger partial charge in [-0.1, -0.05) is 0 Å². The van der Waals surface area contributed by atoms with Crippen molar-refractivity contribution in [1.29, 1.82) is 0 Å². The van der Waals surface area contributed by atoms with E-state index in [1.807, 2.05) is 0 Å². The molecule has 0 bridgehead atoms. The Morgan fingerprint density at radius 3 is 2.67 bits per heavy atom. The topological polar surface area (TPSA) is 67.5 Å². The molecule has 0 aliphatic heterocycles.